The highest BCUT2D eigenvalue weighted by Crippen LogP contribution is 2.29. The zero-order valence-electron chi connectivity index (χ0n) is 14.8. The molecule has 3 rings (SSSR count). The van der Waals surface area contributed by atoms with Gasteiger partial charge in [0.15, 0.2) is 0 Å². The van der Waals surface area contributed by atoms with Gasteiger partial charge in [0, 0.05) is 26.1 Å². The number of aromatic nitrogens is 2. The van der Waals surface area contributed by atoms with E-state index < -0.39 is 0 Å². The van der Waals surface area contributed by atoms with E-state index in [0.29, 0.717) is 24.8 Å². The zero-order valence-corrected chi connectivity index (χ0v) is 14.8. The van der Waals surface area contributed by atoms with E-state index in [0.717, 1.165) is 17.5 Å². The summed E-state index contributed by atoms with van der Waals surface area (Å²) in [5.74, 6) is 1.22. The summed E-state index contributed by atoms with van der Waals surface area (Å²) in [5, 5.41) is 3.18. The van der Waals surface area contributed by atoms with E-state index in [1.165, 1.54) is 12.8 Å². The van der Waals surface area contributed by atoms with Crippen molar-refractivity contribution in [3.05, 3.63) is 34.7 Å². The summed E-state index contributed by atoms with van der Waals surface area (Å²) >= 11 is 0. The van der Waals surface area contributed by atoms with Gasteiger partial charge in [0.25, 0.3) is 0 Å². The second kappa shape index (κ2) is 6.83. The maximum absolute atomic E-state index is 12.4. The van der Waals surface area contributed by atoms with E-state index in [1.54, 1.807) is 16.2 Å². The van der Waals surface area contributed by atoms with Crippen LogP contribution < -0.4 is 11.0 Å². The van der Waals surface area contributed by atoms with Gasteiger partial charge in [-0.3, -0.25) is 13.9 Å². The summed E-state index contributed by atoms with van der Waals surface area (Å²) in [6.45, 7) is 4.91. The number of imidazole rings is 1. The third-order valence-electron chi connectivity index (χ3n) is 5.67. The fraction of sp³-hybridized carbons (Fsp3) is 0.579. The number of benzene rings is 1. The number of nitrogens with one attached hydrogen (secondary N) is 1. The molecule has 0 radical (unpaired) electrons. The molecule has 3 unspecified atom stereocenters. The first-order chi connectivity index (χ1) is 11.5. The van der Waals surface area contributed by atoms with Crippen LogP contribution in [-0.2, 0) is 18.4 Å². The monoisotopic (exact) mass is 329 g/mol. The Labute approximate surface area is 142 Å². The van der Waals surface area contributed by atoms with Crippen molar-refractivity contribution in [1.29, 1.82) is 0 Å². The van der Waals surface area contributed by atoms with Crippen molar-refractivity contribution in [3.8, 4) is 0 Å². The number of aryl methyl sites for hydroxylation is 2. The second-order valence-corrected chi connectivity index (χ2v) is 7.17. The molecule has 130 valence electrons. The average molecular weight is 329 g/mol. The first-order valence-corrected chi connectivity index (χ1v) is 8.92. The number of amides is 1. The lowest BCUT2D eigenvalue weighted by Gasteiger charge is -2.34. The minimum Gasteiger partial charge on any atom is -0.353 e. The first-order valence-electron chi connectivity index (χ1n) is 8.92. The highest BCUT2D eigenvalue weighted by atomic mass is 16.2. The van der Waals surface area contributed by atoms with Crippen LogP contribution in [0.2, 0.25) is 0 Å². The molecule has 0 aliphatic heterocycles. The molecule has 0 spiro atoms. The van der Waals surface area contributed by atoms with E-state index in [-0.39, 0.29) is 17.6 Å². The summed E-state index contributed by atoms with van der Waals surface area (Å²) in [6, 6.07) is 7.97. The fourth-order valence-electron chi connectivity index (χ4n) is 3.86. The smallest absolute Gasteiger partial charge is 0.328 e. The van der Waals surface area contributed by atoms with Gasteiger partial charge < -0.3 is 5.32 Å². The molecule has 1 aromatic carbocycles. The summed E-state index contributed by atoms with van der Waals surface area (Å²) in [5.41, 5.74) is 1.72. The van der Waals surface area contributed by atoms with Crippen LogP contribution in [0.1, 0.15) is 39.5 Å². The van der Waals surface area contributed by atoms with E-state index in [1.807, 2.05) is 24.3 Å². The van der Waals surface area contributed by atoms with E-state index >= 15 is 0 Å². The molecule has 0 bridgehead atoms. The number of hydrogen-bond acceptors (Lipinski definition) is 2. The Morgan fingerprint density at radius 3 is 2.67 bits per heavy atom. The number of carbonyl (C=O) groups is 1. The number of fused-ring (bicyclic) bond motifs is 1. The van der Waals surface area contributed by atoms with E-state index in [9.17, 15) is 9.59 Å². The number of nitrogens with zero attached hydrogens (tertiary/aromatic N) is 2. The third-order valence-corrected chi connectivity index (χ3v) is 5.67. The van der Waals surface area contributed by atoms with Crippen molar-refractivity contribution < 1.29 is 4.79 Å². The maximum atomic E-state index is 12.4. The van der Waals surface area contributed by atoms with Crippen molar-refractivity contribution in [1.82, 2.24) is 14.5 Å². The van der Waals surface area contributed by atoms with Crippen molar-refractivity contribution in [2.75, 3.05) is 0 Å². The number of hydrogen-bond donors (Lipinski definition) is 1. The molecule has 5 nitrogen and oxygen atoms in total. The van der Waals surface area contributed by atoms with Crippen LogP contribution in [-0.4, -0.2) is 21.1 Å². The van der Waals surface area contributed by atoms with Crippen LogP contribution >= 0.6 is 0 Å². The molecule has 1 amide bonds. The van der Waals surface area contributed by atoms with Crippen molar-refractivity contribution in [2.45, 2.75) is 52.1 Å². The molecule has 24 heavy (non-hydrogen) atoms. The highest BCUT2D eigenvalue weighted by molar-refractivity contribution is 5.78. The van der Waals surface area contributed by atoms with Crippen LogP contribution in [0.3, 0.4) is 0 Å². The second-order valence-electron chi connectivity index (χ2n) is 7.17. The largest absolute Gasteiger partial charge is 0.353 e. The minimum atomic E-state index is -0.0661. The standard InChI is InChI=1S/C19H27N3O2/c1-13-7-6-8-15(14(13)2)20-18(23)11-12-22-17-10-5-4-9-16(17)21(3)19(22)24/h4-5,9-10,13-15H,6-8,11-12H2,1-3H3,(H,20,23). The number of carbonyl (C=O) groups excluding carboxylic acids is 1. The molecule has 0 saturated heterocycles. The number of rotatable bonds is 4. The highest BCUT2D eigenvalue weighted by Gasteiger charge is 2.28. The number of para-hydroxylation sites is 2. The van der Waals surface area contributed by atoms with Crippen LogP contribution in [0.5, 0.6) is 0 Å². The predicted molar refractivity (Wildman–Crippen MR) is 95.9 cm³/mol. The van der Waals surface area contributed by atoms with Gasteiger partial charge in [0.05, 0.1) is 11.0 Å². The molecule has 1 aliphatic carbocycles. The lowest BCUT2D eigenvalue weighted by molar-refractivity contribution is -0.122. The Morgan fingerprint density at radius 1 is 1.21 bits per heavy atom. The fourth-order valence-corrected chi connectivity index (χ4v) is 3.86. The van der Waals surface area contributed by atoms with Gasteiger partial charge >= 0.3 is 5.69 Å². The molecular formula is C19H27N3O2. The molecular weight excluding hydrogens is 302 g/mol. The van der Waals surface area contributed by atoms with Gasteiger partial charge in [-0.2, -0.15) is 0 Å². The molecule has 1 aliphatic rings. The molecule has 1 aromatic heterocycles. The SMILES string of the molecule is CC1CCCC(NC(=O)CCn2c(=O)n(C)c3ccccc32)C1C. The van der Waals surface area contributed by atoms with Crippen LogP contribution in [0.15, 0.2) is 29.1 Å². The van der Waals surface area contributed by atoms with Gasteiger partial charge in [-0.15, -0.1) is 0 Å². The Morgan fingerprint density at radius 2 is 1.92 bits per heavy atom. The molecule has 1 heterocycles. The van der Waals surface area contributed by atoms with Gasteiger partial charge in [-0.1, -0.05) is 38.8 Å². The van der Waals surface area contributed by atoms with Crippen molar-refractivity contribution in [3.63, 3.8) is 0 Å². The van der Waals surface area contributed by atoms with Crippen molar-refractivity contribution >= 4 is 16.9 Å². The normalized spacial score (nSPS) is 24.2. The summed E-state index contributed by atoms with van der Waals surface area (Å²) in [4.78, 5) is 24.7. The van der Waals surface area contributed by atoms with Gasteiger partial charge in [-0.05, 0) is 30.4 Å². The lowest BCUT2D eigenvalue weighted by atomic mass is 9.78. The molecule has 5 heteroatoms. The molecule has 2 aromatic rings. The Bertz CT molecular complexity index is 789. The molecule has 1 saturated carbocycles. The molecule has 3 atom stereocenters. The zero-order chi connectivity index (χ0) is 17.3. The van der Waals surface area contributed by atoms with Crippen LogP contribution in [0.25, 0.3) is 11.0 Å². The van der Waals surface area contributed by atoms with E-state index in [2.05, 4.69) is 19.2 Å². The maximum Gasteiger partial charge on any atom is 0.328 e. The summed E-state index contributed by atoms with van der Waals surface area (Å²) in [7, 11) is 1.77. The average Bonchev–Trinajstić information content (AvgIpc) is 2.82. The van der Waals surface area contributed by atoms with Crippen LogP contribution in [0.4, 0.5) is 0 Å². The Balaban J connectivity index is 1.67. The quantitative estimate of drug-likeness (QED) is 0.937. The molecule has 1 fully saturated rings. The topological polar surface area (TPSA) is 56.0 Å². The van der Waals surface area contributed by atoms with Gasteiger partial charge in [0.1, 0.15) is 0 Å². The van der Waals surface area contributed by atoms with Gasteiger partial charge in [-0.25, -0.2) is 4.79 Å². The van der Waals surface area contributed by atoms with Gasteiger partial charge in [0.2, 0.25) is 5.91 Å². The summed E-state index contributed by atoms with van der Waals surface area (Å²) in [6.07, 6.45) is 3.83. The molecule has 1 N–H and O–H groups in total. The summed E-state index contributed by atoms with van der Waals surface area (Å²) < 4.78 is 3.33. The lowest BCUT2D eigenvalue weighted by Crippen LogP contribution is -2.44. The predicted octanol–water partition coefficient (Wildman–Crippen LogP) is 2.67. The minimum absolute atomic E-state index is 0.0424. The third kappa shape index (κ3) is 3.12. The Kier molecular flexibility index (Phi) is 4.78. The van der Waals surface area contributed by atoms with Crippen molar-refractivity contribution in [2.24, 2.45) is 18.9 Å². The Hall–Kier alpha value is -2.04. The van der Waals surface area contributed by atoms with E-state index in [4.69, 9.17) is 0 Å². The first kappa shape index (κ1) is 16.8. The van der Waals surface area contributed by atoms with Crippen LogP contribution in [0, 0.1) is 11.8 Å².